The summed E-state index contributed by atoms with van der Waals surface area (Å²) in [5.74, 6) is 9.81. The van der Waals surface area contributed by atoms with Gasteiger partial charge in [-0.25, -0.2) is 0 Å². The first-order chi connectivity index (χ1) is 28.4. The first-order valence-electron chi connectivity index (χ1n) is 22.9. The molecule has 0 fully saturated rings. The van der Waals surface area contributed by atoms with Gasteiger partial charge in [-0.15, -0.1) is 5.54 Å². The molecule has 0 amide bonds. The second-order valence-electron chi connectivity index (χ2n) is 24.7. The molecule has 0 heterocycles. The number of rotatable bonds is 7. The molecular formula is C54H76S2Si6. The summed E-state index contributed by atoms with van der Waals surface area (Å²) >= 11 is 0. The van der Waals surface area contributed by atoms with Gasteiger partial charge in [0.2, 0.25) is 0 Å². The molecule has 62 heavy (non-hydrogen) atoms. The third-order valence-corrected chi connectivity index (χ3v) is 143. The Morgan fingerprint density at radius 3 is 0.968 bits per heavy atom. The molecule has 0 unspecified atom stereocenters. The molecule has 7 rings (SSSR count). The fraction of sp³-hybridized carbons (Fsp3) is 0.370. The average Bonchev–Trinajstić information content (AvgIpc) is 3.12. The quantitative estimate of drug-likeness (QED) is 0.0532. The van der Waals surface area contributed by atoms with E-state index in [9.17, 15) is 0 Å². The highest BCUT2D eigenvalue weighted by atomic mass is 33.4. The van der Waals surface area contributed by atoms with E-state index >= 15 is 0 Å². The molecule has 0 nitrogen and oxygen atoms in total. The number of thiol groups is 1. The Balaban J connectivity index is 1.79. The van der Waals surface area contributed by atoms with Crippen molar-refractivity contribution >= 4 is 125 Å². The predicted octanol–water partition coefficient (Wildman–Crippen LogP) is 16.9. The average molecular weight is 958 g/mol. The molecule has 7 aromatic rings. The molecular weight excluding hydrogens is 881 g/mol. The third kappa shape index (κ3) is 7.41. The molecule has 0 atom stereocenters. The van der Waals surface area contributed by atoms with Gasteiger partial charge in [-0.3, -0.25) is 8.19 Å². The SMILES string of the molecule is CC[SH](C)(C)(C)S(C#Cc1c2cc3cc4ccccc4cc3cc2c(C#C[Si]([Si](C)(C)C)([Si](C)(C)C)[Si](C)(C)C)c2cc3cc4ccccc4cc3cc12)([Si](C)(C)C)[Si](C)(C)C. The van der Waals surface area contributed by atoms with Gasteiger partial charge in [-0.1, -0.05) is 171 Å². The number of hydrogen-bond donors (Lipinski definition) is 1. The van der Waals surface area contributed by atoms with Crippen molar-refractivity contribution in [3.63, 3.8) is 0 Å². The van der Waals surface area contributed by atoms with Gasteiger partial charge in [0.1, 0.15) is 21.1 Å². The number of hydrogen-bond acceptors (Lipinski definition) is 0. The van der Waals surface area contributed by atoms with Crippen LogP contribution in [0.15, 0.2) is 97.1 Å². The molecule has 0 aromatic heterocycles. The Morgan fingerprint density at radius 1 is 0.419 bits per heavy atom. The number of benzene rings is 7. The zero-order valence-corrected chi connectivity index (χ0v) is 49.5. The van der Waals surface area contributed by atoms with Crippen molar-refractivity contribution in [1.82, 2.24) is 0 Å². The maximum atomic E-state index is 4.54. The highest BCUT2D eigenvalue weighted by molar-refractivity contribution is 9.32. The minimum atomic E-state index is -2.25. The van der Waals surface area contributed by atoms with Crippen molar-refractivity contribution < 1.29 is 0 Å². The van der Waals surface area contributed by atoms with E-state index in [-0.39, 0.29) is 0 Å². The molecule has 0 N–H and O–H groups in total. The Labute approximate surface area is 382 Å². The van der Waals surface area contributed by atoms with E-state index in [1.54, 1.807) is 0 Å². The summed E-state index contributed by atoms with van der Waals surface area (Å²) < 4.78 is 0. The molecule has 0 saturated heterocycles. The Hall–Kier alpha value is -2.78. The van der Waals surface area contributed by atoms with Crippen LogP contribution in [0.1, 0.15) is 18.1 Å². The van der Waals surface area contributed by atoms with Crippen LogP contribution >= 0.6 is 16.2 Å². The van der Waals surface area contributed by atoms with Crippen LogP contribution in [-0.2, 0) is 0 Å². The van der Waals surface area contributed by atoms with Gasteiger partial charge >= 0.3 is 0 Å². The normalized spacial score (nSPS) is 14.8. The van der Waals surface area contributed by atoms with E-state index in [1.165, 1.54) is 81.5 Å². The van der Waals surface area contributed by atoms with Crippen LogP contribution in [0, 0.1) is 22.6 Å². The smallest absolute Gasteiger partial charge is 0.115 e. The van der Waals surface area contributed by atoms with Gasteiger partial charge in [0.15, 0.2) is 0 Å². The summed E-state index contributed by atoms with van der Waals surface area (Å²) in [5.41, 5.74) is 6.95. The summed E-state index contributed by atoms with van der Waals surface area (Å²) in [6, 6.07) is 37.4. The number of fused-ring (bicyclic) bond motifs is 6. The van der Waals surface area contributed by atoms with Crippen molar-refractivity contribution in [2.75, 3.05) is 24.5 Å². The highest BCUT2D eigenvalue weighted by Crippen LogP contribution is 2.94. The molecule has 328 valence electrons. The maximum absolute atomic E-state index is 4.54. The first-order valence-corrected chi connectivity index (χ1v) is 52.9. The maximum Gasteiger partial charge on any atom is 0.115 e. The first kappa shape index (κ1) is 47.2. The summed E-state index contributed by atoms with van der Waals surface area (Å²) in [7, 11) is -12.2. The van der Waals surface area contributed by atoms with Gasteiger partial charge < -0.3 is 0 Å². The van der Waals surface area contributed by atoms with E-state index in [0.29, 0.717) is 0 Å². The zero-order valence-electron chi connectivity index (χ0n) is 41.8. The summed E-state index contributed by atoms with van der Waals surface area (Å²) in [6.45, 7) is 40.5. The fourth-order valence-corrected chi connectivity index (χ4v) is 191. The Kier molecular flexibility index (Phi) is 11.5. The Morgan fingerprint density at radius 2 is 0.710 bits per heavy atom. The van der Waals surface area contributed by atoms with Crippen LogP contribution < -0.4 is 0 Å². The molecule has 0 aliphatic heterocycles. The van der Waals surface area contributed by atoms with Crippen LogP contribution in [0.2, 0.25) is 98.2 Å². The molecule has 0 saturated carbocycles. The predicted molar refractivity (Wildman–Crippen MR) is 313 cm³/mol. The lowest BCUT2D eigenvalue weighted by Crippen LogP contribution is -2.82. The molecule has 7 aromatic carbocycles. The lowest BCUT2D eigenvalue weighted by atomic mass is 9.88. The second kappa shape index (κ2) is 15.1. The minimum absolute atomic E-state index is 1.21. The lowest BCUT2D eigenvalue weighted by Gasteiger charge is -2.76. The monoisotopic (exact) mass is 956 g/mol. The van der Waals surface area contributed by atoms with Crippen LogP contribution in [-0.4, -0.2) is 68.4 Å². The van der Waals surface area contributed by atoms with Crippen molar-refractivity contribution in [3.05, 3.63) is 108 Å². The zero-order chi connectivity index (χ0) is 45.9. The molecule has 0 radical (unpaired) electrons. The van der Waals surface area contributed by atoms with Crippen LogP contribution in [0.3, 0.4) is 0 Å². The fourth-order valence-electron chi connectivity index (χ4n) is 13.2. The van der Waals surface area contributed by atoms with E-state index in [1.807, 2.05) is 0 Å². The van der Waals surface area contributed by atoms with Crippen LogP contribution in [0.4, 0.5) is 0 Å². The van der Waals surface area contributed by atoms with E-state index in [0.717, 1.165) is 0 Å². The van der Waals surface area contributed by atoms with E-state index in [2.05, 4.69) is 244 Å². The van der Waals surface area contributed by atoms with Gasteiger partial charge in [-0.2, -0.15) is 7.96 Å². The Bertz CT molecular complexity index is 2910. The topological polar surface area (TPSA) is 0 Å². The summed E-state index contributed by atoms with van der Waals surface area (Å²) in [4.78, 5) is 0. The van der Waals surface area contributed by atoms with Gasteiger partial charge in [-0.05, 0) is 138 Å². The van der Waals surface area contributed by atoms with E-state index < -0.39 is 60.0 Å². The standard InChI is InChI=1S/C54H76S2Si6/c1-20-56(2,3,4)55(57(5,6)7,58(8,9)10)31-29-49-51-37-45-33-41-25-21-23-27-43(41)35-47(45)39-53(51)50(30-32-62(59(11,12)13,60(14,15)16)61(17,18)19)54-40-48-36-44-28-24-22-26-42(44)34-46(48)38-52(49)54/h21-28,33-40,56H,20H2,1-19H3. The largest absolute Gasteiger partial charge is 0.267 e. The van der Waals surface area contributed by atoms with Crippen LogP contribution in [0.5, 0.6) is 0 Å². The van der Waals surface area contributed by atoms with Gasteiger partial charge in [0, 0.05) is 33.9 Å². The van der Waals surface area contributed by atoms with Gasteiger partial charge in [0.05, 0.1) is 0 Å². The highest BCUT2D eigenvalue weighted by Gasteiger charge is 2.61. The van der Waals surface area contributed by atoms with Crippen molar-refractivity contribution in [3.8, 4) is 22.6 Å². The third-order valence-electron chi connectivity index (χ3n) is 14.7. The molecule has 0 bridgehead atoms. The molecule has 8 heteroatoms. The van der Waals surface area contributed by atoms with Crippen molar-refractivity contribution in [2.45, 2.75) is 105 Å². The van der Waals surface area contributed by atoms with Crippen molar-refractivity contribution in [1.29, 1.82) is 0 Å². The minimum Gasteiger partial charge on any atom is -0.267 e. The van der Waals surface area contributed by atoms with Crippen LogP contribution in [0.25, 0.3) is 64.6 Å². The second-order valence-corrected chi connectivity index (χ2v) is 101. The molecule has 0 aliphatic rings. The van der Waals surface area contributed by atoms with Gasteiger partial charge in [0.25, 0.3) is 0 Å². The molecule has 0 aliphatic carbocycles. The molecule has 0 spiro atoms. The van der Waals surface area contributed by atoms with Crippen molar-refractivity contribution in [2.24, 2.45) is 0 Å². The summed E-state index contributed by atoms with van der Waals surface area (Å²) in [5, 5.41) is 19.9. The summed E-state index contributed by atoms with van der Waals surface area (Å²) in [6.07, 6.45) is 8.14. The van der Waals surface area contributed by atoms with E-state index in [4.69, 9.17) is 0 Å². The lowest BCUT2D eigenvalue weighted by molar-refractivity contribution is 1.49.